The number of benzene rings is 2. The van der Waals surface area contributed by atoms with E-state index in [1.807, 2.05) is 6.92 Å². The quantitative estimate of drug-likeness (QED) is 0.631. The smallest absolute Gasteiger partial charge is 0.243 e. The summed E-state index contributed by atoms with van der Waals surface area (Å²) in [5.74, 6) is -0.790. The molecule has 0 aliphatic carbocycles. The lowest BCUT2D eigenvalue weighted by molar-refractivity contribution is -0.119. The molecule has 0 fully saturated rings. The molecule has 0 aliphatic rings. The predicted molar refractivity (Wildman–Crippen MR) is 117 cm³/mol. The maximum Gasteiger partial charge on any atom is 0.243 e. The molecular weight excluding hydrogens is 458 g/mol. The third kappa shape index (κ3) is 6.12. The molecule has 0 radical (unpaired) electrons. The Morgan fingerprint density at radius 1 is 1.07 bits per heavy atom. The molecule has 2 N–H and O–H groups in total. The number of sulfonamides is 1. The molecule has 9 heteroatoms. The molecule has 0 aromatic heterocycles. The van der Waals surface area contributed by atoms with Gasteiger partial charge in [-0.2, -0.15) is 4.31 Å². The van der Waals surface area contributed by atoms with E-state index in [4.69, 9.17) is 0 Å². The standard InChI is InChI=1S/C20H24BrN3O4S/c1-13(2)20(26)22-16-8-5-14(3)18(11-16)23-19(25)12-24(4)29(27,28)17-9-6-15(21)7-10-17/h5-11,13H,12H2,1-4H3,(H,22,26)(H,23,25). The lowest BCUT2D eigenvalue weighted by Crippen LogP contribution is -2.35. The number of carbonyl (C=O) groups excluding carboxylic acids is 2. The summed E-state index contributed by atoms with van der Waals surface area (Å²) < 4.78 is 27.0. The van der Waals surface area contributed by atoms with Crippen LogP contribution in [-0.4, -0.2) is 38.1 Å². The van der Waals surface area contributed by atoms with Crippen molar-refractivity contribution < 1.29 is 18.0 Å². The van der Waals surface area contributed by atoms with Crippen LogP contribution in [0.3, 0.4) is 0 Å². The second-order valence-corrected chi connectivity index (χ2v) is 9.90. The van der Waals surface area contributed by atoms with Crippen LogP contribution in [0, 0.1) is 12.8 Å². The molecule has 0 unspecified atom stereocenters. The summed E-state index contributed by atoms with van der Waals surface area (Å²) >= 11 is 3.26. The third-order valence-electron chi connectivity index (χ3n) is 4.19. The van der Waals surface area contributed by atoms with Gasteiger partial charge in [0.05, 0.1) is 11.4 Å². The number of nitrogens with zero attached hydrogens (tertiary/aromatic N) is 1. The molecule has 156 valence electrons. The molecule has 2 rings (SSSR count). The Morgan fingerprint density at radius 2 is 1.69 bits per heavy atom. The highest BCUT2D eigenvalue weighted by Crippen LogP contribution is 2.22. The maximum absolute atomic E-state index is 12.6. The van der Waals surface area contributed by atoms with Gasteiger partial charge in [0.1, 0.15) is 0 Å². The highest BCUT2D eigenvalue weighted by atomic mass is 79.9. The van der Waals surface area contributed by atoms with Gasteiger partial charge in [-0.05, 0) is 48.9 Å². The third-order valence-corrected chi connectivity index (χ3v) is 6.54. The summed E-state index contributed by atoms with van der Waals surface area (Å²) in [4.78, 5) is 24.4. The van der Waals surface area contributed by atoms with Crippen LogP contribution in [0.25, 0.3) is 0 Å². The van der Waals surface area contributed by atoms with Crippen molar-refractivity contribution in [1.82, 2.24) is 4.31 Å². The molecule has 0 atom stereocenters. The molecule has 0 heterocycles. The van der Waals surface area contributed by atoms with Crippen molar-refractivity contribution in [2.75, 3.05) is 24.2 Å². The first-order valence-corrected chi connectivity index (χ1v) is 11.2. The molecular formula is C20H24BrN3O4S. The highest BCUT2D eigenvalue weighted by molar-refractivity contribution is 9.10. The average Bonchev–Trinajstić information content (AvgIpc) is 2.64. The Bertz CT molecular complexity index is 1000. The van der Waals surface area contributed by atoms with Crippen molar-refractivity contribution in [3.05, 3.63) is 52.5 Å². The van der Waals surface area contributed by atoms with E-state index in [2.05, 4.69) is 26.6 Å². The number of hydrogen-bond donors (Lipinski definition) is 2. The van der Waals surface area contributed by atoms with Crippen LogP contribution in [-0.2, 0) is 19.6 Å². The first-order valence-electron chi connectivity index (χ1n) is 8.94. The number of carbonyl (C=O) groups is 2. The number of anilines is 2. The van der Waals surface area contributed by atoms with Crippen LogP contribution in [0.2, 0.25) is 0 Å². The van der Waals surface area contributed by atoms with E-state index in [0.29, 0.717) is 11.4 Å². The van der Waals surface area contributed by atoms with Gasteiger partial charge in [0.25, 0.3) is 0 Å². The van der Waals surface area contributed by atoms with Crippen molar-refractivity contribution in [2.45, 2.75) is 25.7 Å². The number of nitrogens with one attached hydrogen (secondary N) is 2. The Morgan fingerprint density at radius 3 is 2.28 bits per heavy atom. The van der Waals surface area contributed by atoms with E-state index >= 15 is 0 Å². The van der Waals surface area contributed by atoms with Gasteiger partial charge in [0.2, 0.25) is 21.8 Å². The van der Waals surface area contributed by atoms with Crippen molar-refractivity contribution in [1.29, 1.82) is 0 Å². The van der Waals surface area contributed by atoms with Crippen LogP contribution in [0.1, 0.15) is 19.4 Å². The Kier molecular flexibility index (Phi) is 7.56. The van der Waals surface area contributed by atoms with Gasteiger partial charge in [-0.15, -0.1) is 0 Å². The fourth-order valence-corrected chi connectivity index (χ4v) is 3.78. The summed E-state index contributed by atoms with van der Waals surface area (Å²) in [6, 6.07) is 11.4. The number of likely N-dealkylation sites (N-methyl/N-ethyl adjacent to an activating group) is 1. The zero-order chi connectivity index (χ0) is 21.8. The van der Waals surface area contributed by atoms with Gasteiger partial charge in [0.15, 0.2) is 0 Å². The maximum atomic E-state index is 12.6. The molecule has 0 bridgehead atoms. The lowest BCUT2D eigenvalue weighted by atomic mass is 10.1. The fraction of sp³-hybridized carbons (Fsp3) is 0.300. The first kappa shape index (κ1) is 23.1. The monoisotopic (exact) mass is 481 g/mol. The van der Waals surface area contributed by atoms with Crippen molar-refractivity contribution >= 4 is 49.1 Å². The second kappa shape index (κ2) is 9.51. The molecule has 7 nitrogen and oxygen atoms in total. The SMILES string of the molecule is Cc1ccc(NC(=O)C(C)C)cc1NC(=O)CN(C)S(=O)(=O)c1ccc(Br)cc1. The largest absolute Gasteiger partial charge is 0.326 e. The number of rotatable bonds is 7. The molecule has 0 aliphatic heterocycles. The lowest BCUT2D eigenvalue weighted by Gasteiger charge is -2.18. The molecule has 0 saturated carbocycles. The fourth-order valence-electron chi connectivity index (χ4n) is 2.38. The number of aryl methyl sites for hydroxylation is 1. The predicted octanol–water partition coefficient (Wildman–Crippen LogP) is 3.61. The van der Waals surface area contributed by atoms with Gasteiger partial charge >= 0.3 is 0 Å². The van der Waals surface area contributed by atoms with Crippen molar-refractivity contribution in [2.24, 2.45) is 5.92 Å². The van der Waals surface area contributed by atoms with Crippen LogP contribution in [0.5, 0.6) is 0 Å². The zero-order valence-electron chi connectivity index (χ0n) is 16.7. The van der Waals surface area contributed by atoms with E-state index in [9.17, 15) is 18.0 Å². The summed E-state index contributed by atoms with van der Waals surface area (Å²) in [7, 11) is -2.44. The minimum atomic E-state index is -3.79. The summed E-state index contributed by atoms with van der Waals surface area (Å²) in [6.45, 7) is 5.04. The average molecular weight is 482 g/mol. The topological polar surface area (TPSA) is 95.6 Å². The minimum Gasteiger partial charge on any atom is -0.326 e. The van der Waals surface area contributed by atoms with E-state index < -0.39 is 15.9 Å². The van der Waals surface area contributed by atoms with Crippen molar-refractivity contribution in [3.8, 4) is 0 Å². The Balaban J connectivity index is 2.10. The number of hydrogen-bond acceptors (Lipinski definition) is 4. The molecule has 2 aromatic carbocycles. The van der Waals surface area contributed by atoms with Crippen LogP contribution in [0.4, 0.5) is 11.4 Å². The van der Waals surface area contributed by atoms with Gasteiger partial charge < -0.3 is 10.6 Å². The van der Waals surface area contributed by atoms with Crippen molar-refractivity contribution in [3.63, 3.8) is 0 Å². The van der Waals surface area contributed by atoms with Gasteiger partial charge in [0, 0.05) is 28.8 Å². The first-order chi connectivity index (χ1) is 13.5. The minimum absolute atomic E-state index is 0.102. The van der Waals surface area contributed by atoms with E-state index in [1.54, 1.807) is 44.2 Å². The van der Waals surface area contributed by atoms with E-state index in [1.165, 1.54) is 19.2 Å². The molecule has 0 spiro atoms. The molecule has 2 amide bonds. The second-order valence-electron chi connectivity index (χ2n) is 6.94. The summed E-state index contributed by atoms with van der Waals surface area (Å²) in [6.07, 6.45) is 0. The van der Waals surface area contributed by atoms with E-state index in [0.717, 1.165) is 14.3 Å². The summed E-state index contributed by atoms with van der Waals surface area (Å²) in [5.41, 5.74) is 1.85. The van der Waals surface area contributed by atoms with Crippen LogP contribution in [0.15, 0.2) is 51.8 Å². The Labute approximate surface area is 179 Å². The normalized spacial score (nSPS) is 11.6. The van der Waals surface area contributed by atoms with Crippen LogP contribution < -0.4 is 10.6 Å². The highest BCUT2D eigenvalue weighted by Gasteiger charge is 2.23. The molecule has 2 aromatic rings. The number of halogens is 1. The summed E-state index contributed by atoms with van der Waals surface area (Å²) in [5, 5.41) is 5.49. The van der Waals surface area contributed by atoms with Gasteiger partial charge in [-0.3, -0.25) is 9.59 Å². The van der Waals surface area contributed by atoms with Crippen LogP contribution >= 0.6 is 15.9 Å². The zero-order valence-corrected chi connectivity index (χ0v) is 19.1. The number of amides is 2. The van der Waals surface area contributed by atoms with Gasteiger partial charge in [-0.25, -0.2) is 8.42 Å². The Hall–Kier alpha value is -2.23. The van der Waals surface area contributed by atoms with Gasteiger partial charge in [-0.1, -0.05) is 35.8 Å². The molecule has 29 heavy (non-hydrogen) atoms. The molecule has 0 saturated heterocycles. The van der Waals surface area contributed by atoms with E-state index in [-0.39, 0.29) is 23.3 Å².